The summed E-state index contributed by atoms with van der Waals surface area (Å²) >= 11 is 6.26. The quantitative estimate of drug-likeness (QED) is 0.797. The highest BCUT2D eigenvalue weighted by atomic mass is 35.5. The van der Waals surface area contributed by atoms with E-state index in [1.165, 1.54) is 19.3 Å². The van der Waals surface area contributed by atoms with Gasteiger partial charge in [-0.3, -0.25) is 4.68 Å². The third kappa shape index (κ3) is 1.92. The number of aryl methyl sites for hydroxylation is 3. The fourth-order valence-corrected chi connectivity index (χ4v) is 2.76. The van der Waals surface area contributed by atoms with Crippen molar-refractivity contribution in [3.05, 3.63) is 11.5 Å². The molecule has 1 fully saturated rings. The minimum atomic E-state index is -0.0593. The molecule has 1 aliphatic rings. The Morgan fingerprint density at radius 1 is 1.44 bits per heavy atom. The summed E-state index contributed by atoms with van der Waals surface area (Å²) in [5.74, 6) is 1.89. The van der Waals surface area contributed by atoms with E-state index < -0.39 is 0 Å². The zero-order chi connectivity index (χ0) is 12.9. The van der Waals surface area contributed by atoms with Crippen LogP contribution in [0.4, 0.5) is 0 Å². The molecular weight excluding hydrogens is 248 g/mol. The molecule has 2 aromatic heterocycles. The summed E-state index contributed by atoms with van der Waals surface area (Å²) in [6.07, 6.45) is 3.99. The zero-order valence-electron chi connectivity index (χ0n) is 11.1. The second kappa shape index (κ2) is 4.26. The first-order chi connectivity index (χ1) is 8.58. The maximum Gasteiger partial charge on any atom is 0.158 e. The van der Waals surface area contributed by atoms with Gasteiger partial charge in [0.2, 0.25) is 0 Å². The lowest BCUT2D eigenvalue weighted by Gasteiger charge is -2.10. The highest BCUT2D eigenvalue weighted by Crippen LogP contribution is 2.34. The van der Waals surface area contributed by atoms with Gasteiger partial charge in [-0.2, -0.15) is 5.10 Å². The molecule has 4 nitrogen and oxygen atoms in total. The van der Waals surface area contributed by atoms with Crippen LogP contribution in [-0.4, -0.2) is 19.3 Å². The fraction of sp³-hybridized carbons (Fsp3) is 0.692. The van der Waals surface area contributed by atoms with Crippen LogP contribution >= 0.6 is 11.6 Å². The Balaban J connectivity index is 2.07. The Morgan fingerprint density at radius 2 is 2.17 bits per heavy atom. The number of fused-ring (bicyclic) bond motifs is 1. The minimum Gasteiger partial charge on any atom is -0.312 e. The summed E-state index contributed by atoms with van der Waals surface area (Å²) in [5.41, 5.74) is 3.09. The molecule has 1 unspecified atom stereocenters. The highest BCUT2D eigenvalue weighted by Gasteiger charge is 2.24. The molecule has 0 N–H and O–H groups in total. The number of aromatic nitrogens is 4. The largest absolute Gasteiger partial charge is 0.312 e. The van der Waals surface area contributed by atoms with E-state index >= 15 is 0 Å². The van der Waals surface area contributed by atoms with Gasteiger partial charge in [0.05, 0.1) is 11.1 Å². The lowest BCUT2D eigenvalue weighted by atomic mass is 10.3. The van der Waals surface area contributed by atoms with Crippen molar-refractivity contribution in [3.63, 3.8) is 0 Å². The molecule has 0 radical (unpaired) electrons. The molecule has 2 aromatic rings. The SMILES string of the molecule is Cc1nn(C)c2c1nc(C(C)Cl)n2CCC1CC1. The topological polar surface area (TPSA) is 35.6 Å². The Bertz CT molecular complexity index is 577. The molecule has 0 bridgehead atoms. The predicted octanol–water partition coefficient (Wildman–Crippen LogP) is 3.18. The normalized spacial score (nSPS) is 17.6. The summed E-state index contributed by atoms with van der Waals surface area (Å²) in [6.45, 7) is 4.99. The summed E-state index contributed by atoms with van der Waals surface area (Å²) < 4.78 is 4.18. The Morgan fingerprint density at radius 3 is 2.78 bits per heavy atom. The standard InChI is InChI=1S/C13H19ClN4/c1-8(14)12-15-11-9(2)16-17(3)13(11)18(12)7-6-10-4-5-10/h8,10H,4-7H2,1-3H3. The second-order valence-electron chi connectivity index (χ2n) is 5.35. The predicted molar refractivity (Wildman–Crippen MR) is 72.8 cm³/mol. The maximum absolute atomic E-state index is 6.26. The van der Waals surface area contributed by atoms with Gasteiger partial charge >= 0.3 is 0 Å². The molecule has 18 heavy (non-hydrogen) atoms. The van der Waals surface area contributed by atoms with E-state index in [0.29, 0.717) is 0 Å². The van der Waals surface area contributed by atoms with Crippen molar-refractivity contribution < 1.29 is 0 Å². The molecule has 3 rings (SSSR count). The number of halogens is 1. The number of imidazole rings is 1. The summed E-state index contributed by atoms with van der Waals surface area (Å²) in [6, 6.07) is 0. The van der Waals surface area contributed by atoms with Crippen molar-refractivity contribution in [2.24, 2.45) is 13.0 Å². The fourth-order valence-electron chi connectivity index (χ4n) is 2.59. The number of alkyl halides is 1. The van der Waals surface area contributed by atoms with Crippen LogP contribution in [0, 0.1) is 12.8 Å². The van der Waals surface area contributed by atoms with Crippen molar-refractivity contribution in [2.45, 2.75) is 45.0 Å². The van der Waals surface area contributed by atoms with Gasteiger partial charge in [0.1, 0.15) is 11.3 Å². The average Bonchev–Trinajstić information content (AvgIpc) is 2.97. The van der Waals surface area contributed by atoms with Crippen LogP contribution in [0.5, 0.6) is 0 Å². The van der Waals surface area contributed by atoms with Gasteiger partial charge in [0.15, 0.2) is 5.65 Å². The molecule has 98 valence electrons. The molecule has 1 saturated carbocycles. The molecule has 0 saturated heterocycles. The van der Waals surface area contributed by atoms with Crippen molar-refractivity contribution in [2.75, 3.05) is 0 Å². The van der Waals surface area contributed by atoms with E-state index in [4.69, 9.17) is 11.6 Å². The molecule has 2 heterocycles. The monoisotopic (exact) mass is 266 g/mol. The Hall–Kier alpha value is -1.03. The van der Waals surface area contributed by atoms with Crippen LogP contribution in [0.25, 0.3) is 11.2 Å². The van der Waals surface area contributed by atoms with Crippen LogP contribution in [0.3, 0.4) is 0 Å². The van der Waals surface area contributed by atoms with Crippen LogP contribution in [0.15, 0.2) is 0 Å². The third-order valence-electron chi connectivity index (χ3n) is 3.73. The lowest BCUT2D eigenvalue weighted by Crippen LogP contribution is -2.08. The van der Waals surface area contributed by atoms with Crippen molar-refractivity contribution >= 4 is 22.8 Å². The molecule has 0 aromatic carbocycles. The zero-order valence-corrected chi connectivity index (χ0v) is 11.9. The van der Waals surface area contributed by atoms with Gasteiger partial charge in [-0.25, -0.2) is 4.98 Å². The average molecular weight is 267 g/mol. The van der Waals surface area contributed by atoms with Crippen LogP contribution < -0.4 is 0 Å². The molecule has 0 spiro atoms. The summed E-state index contributed by atoms with van der Waals surface area (Å²) in [7, 11) is 1.98. The first-order valence-corrected chi connectivity index (χ1v) is 7.05. The van der Waals surface area contributed by atoms with Crippen molar-refractivity contribution in [1.82, 2.24) is 19.3 Å². The van der Waals surface area contributed by atoms with Crippen LogP contribution in [0.2, 0.25) is 0 Å². The number of rotatable bonds is 4. The van der Waals surface area contributed by atoms with Gasteiger partial charge in [-0.05, 0) is 26.2 Å². The van der Waals surface area contributed by atoms with Gasteiger partial charge in [0.25, 0.3) is 0 Å². The second-order valence-corrected chi connectivity index (χ2v) is 6.01. The van der Waals surface area contributed by atoms with Gasteiger partial charge < -0.3 is 4.57 Å². The number of hydrogen-bond donors (Lipinski definition) is 0. The first kappa shape index (κ1) is 12.0. The molecule has 0 aliphatic heterocycles. The van der Waals surface area contributed by atoms with E-state index in [0.717, 1.165) is 35.1 Å². The first-order valence-electron chi connectivity index (χ1n) is 6.61. The van der Waals surface area contributed by atoms with Gasteiger partial charge in [0, 0.05) is 13.6 Å². The molecule has 5 heteroatoms. The van der Waals surface area contributed by atoms with Gasteiger partial charge in [-0.15, -0.1) is 11.6 Å². The highest BCUT2D eigenvalue weighted by molar-refractivity contribution is 6.20. The summed E-state index contributed by atoms with van der Waals surface area (Å²) in [5, 5.41) is 4.39. The van der Waals surface area contributed by atoms with Crippen LogP contribution in [-0.2, 0) is 13.6 Å². The lowest BCUT2D eigenvalue weighted by molar-refractivity contribution is 0.571. The smallest absolute Gasteiger partial charge is 0.158 e. The molecule has 1 aliphatic carbocycles. The van der Waals surface area contributed by atoms with E-state index in [2.05, 4.69) is 14.6 Å². The minimum absolute atomic E-state index is 0.0593. The van der Waals surface area contributed by atoms with Crippen LogP contribution in [0.1, 0.15) is 43.1 Å². The van der Waals surface area contributed by atoms with Crippen molar-refractivity contribution in [1.29, 1.82) is 0 Å². The number of nitrogens with zero attached hydrogens (tertiary/aromatic N) is 4. The third-order valence-corrected chi connectivity index (χ3v) is 3.93. The van der Waals surface area contributed by atoms with Gasteiger partial charge in [-0.1, -0.05) is 12.8 Å². The Labute approximate surface area is 112 Å². The number of hydrogen-bond acceptors (Lipinski definition) is 2. The maximum atomic E-state index is 6.26. The van der Waals surface area contributed by atoms with E-state index in [9.17, 15) is 0 Å². The van der Waals surface area contributed by atoms with Crippen molar-refractivity contribution in [3.8, 4) is 0 Å². The molecule has 0 amide bonds. The van der Waals surface area contributed by atoms with E-state index in [1.54, 1.807) is 0 Å². The van der Waals surface area contributed by atoms with E-state index in [-0.39, 0.29) is 5.38 Å². The van der Waals surface area contributed by atoms with E-state index in [1.807, 2.05) is 25.6 Å². The molecular formula is C13H19ClN4. The Kier molecular flexibility index (Phi) is 2.85. The molecule has 1 atom stereocenters. The summed E-state index contributed by atoms with van der Waals surface area (Å²) in [4.78, 5) is 4.68.